The summed E-state index contributed by atoms with van der Waals surface area (Å²) in [4.78, 5) is 11.8. The highest BCUT2D eigenvalue weighted by Gasteiger charge is 2.35. The lowest BCUT2D eigenvalue weighted by molar-refractivity contribution is -0.132. The second-order valence-corrected chi connectivity index (χ2v) is 5.63. The Morgan fingerprint density at radius 2 is 1.71 bits per heavy atom. The van der Waals surface area contributed by atoms with E-state index in [9.17, 15) is 9.90 Å². The molecule has 2 heteroatoms. The summed E-state index contributed by atoms with van der Waals surface area (Å²) in [7, 11) is 0. The highest BCUT2D eigenvalue weighted by Crippen LogP contribution is 2.33. The molecule has 0 bridgehead atoms. The summed E-state index contributed by atoms with van der Waals surface area (Å²) < 4.78 is 0. The summed E-state index contributed by atoms with van der Waals surface area (Å²) in [6.07, 6.45) is 5.27. The van der Waals surface area contributed by atoms with E-state index in [1.807, 2.05) is 20.8 Å². The standard InChI is InChI=1S/C12H22O2/c1-11(2,3)10(13)9-12(14)7-5-4-6-8-12/h14H,4-9H2,1-3H3. The zero-order valence-corrected chi connectivity index (χ0v) is 9.60. The summed E-state index contributed by atoms with van der Waals surface area (Å²) >= 11 is 0. The van der Waals surface area contributed by atoms with Crippen molar-refractivity contribution in [3.63, 3.8) is 0 Å². The molecular weight excluding hydrogens is 176 g/mol. The molecular formula is C12H22O2. The van der Waals surface area contributed by atoms with Gasteiger partial charge in [-0.3, -0.25) is 4.79 Å². The predicted octanol–water partition coefficient (Wildman–Crippen LogP) is 2.69. The molecule has 0 atom stereocenters. The molecule has 82 valence electrons. The molecule has 0 amide bonds. The lowest BCUT2D eigenvalue weighted by atomic mass is 9.77. The van der Waals surface area contributed by atoms with Crippen molar-refractivity contribution in [2.45, 2.75) is 64.9 Å². The van der Waals surface area contributed by atoms with Crippen molar-refractivity contribution in [2.24, 2.45) is 5.41 Å². The van der Waals surface area contributed by atoms with E-state index in [2.05, 4.69) is 0 Å². The highest BCUT2D eigenvalue weighted by molar-refractivity contribution is 5.84. The van der Waals surface area contributed by atoms with Gasteiger partial charge < -0.3 is 5.11 Å². The van der Waals surface area contributed by atoms with Gasteiger partial charge in [-0.1, -0.05) is 40.0 Å². The average molecular weight is 198 g/mol. The van der Waals surface area contributed by atoms with Crippen LogP contribution in [-0.4, -0.2) is 16.5 Å². The number of ketones is 1. The van der Waals surface area contributed by atoms with E-state index in [0.717, 1.165) is 25.7 Å². The highest BCUT2D eigenvalue weighted by atomic mass is 16.3. The molecule has 14 heavy (non-hydrogen) atoms. The SMILES string of the molecule is CC(C)(C)C(=O)CC1(O)CCCCC1. The van der Waals surface area contributed by atoms with Crippen molar-refractivity contribution in [1.29, 1.82) is 0 Å². The molecule has 0 radical (unpaired) electrons. The molecule has 1 fully saturated rings. The summed E-state index contributed by atoms with van der Waals surface area (Å²) in [6, 6.07) is 0. The second kappa shape index (κ2) is 4.01. The third-order valence-corrected chi connectivity index (χ3v) is 3.11. The smallest absolute Gasteiger partial charge is 0.141 e. The Hall–Kier alpha value is -0.370. The van der Waals surface area contributed by atoms with Crippen LogP contribution in [0.15, 0.2) is 0 Å². The van der Waals surface area contributed by atoms with Gasteiger partial charge in [-0.15, -0.1) is 0 Å². The Morgan fingerprint density at radius 1 is 1.21 bits per heavy atom. The molecule has 1 rings (SSSR count). The maximum atomic E-state index is 11.8. The third-order valence-electron chi connectivity index (χ3n) is 3.11. The van der Waals surface area contributed by atoms with Gasteiger partial charge in [0.25, 0.3) is 0 Å². The molecule has 0 heterocycles. The molecule has 0 aromatic heterocycles. The van der Waals surface area contributed by atoms with Crippen LogP contribution in [-0.2, 0) is 4.79 Å². The van der Waals surface area contributed by atoms with E-state index >= 15 is 0 Å². The maximum absolute atomic E-state index is 11.8. The number of Topliss-reactive ketones (excluding diaryl/α,β-unsaturated/α-hetero) is 1. The van der Waals surface area contributed by atoms with Gasteiger partial charge in [0.2, 0.25) is 0 Å². The van der Waals surface area contributed by atoms with Crippen LogP contribution in [0.2, 0.25) is 0 Å². The molecule has 0 saturated heterocycles. The number of hydrogen-bond acceptors (Lipinski definition) is 2. The van der Waals surface area contributed by atoms with E-state index < -0.39 is 5.60 Å². The monoisotopic (exact) mass is 198 g/mol. The first-order chi connectivity index (χ1) is 6.33. The Balaban J connectivity index is 2.54. The van der Waals surface area contributed by atoms with Crippen LogP contribution >= 0.6 is 0 Å². The number of rotatable bonds is 2. The lowest BCUT2D eigenvalue weighted by Gasteiger charge is -2.33. The average Bonchev–Trinajstić information content (AvgIpc) is 2.02. The molecule has 1 saturated carbocycles. The molecule has 1 aliphatic carbocycles. The molecule has 1 aliphatic rings. The van der Waals surface area contributed by atoms with Crippen molar-refractivity contribution in [2.75, 3.05) is 0 Å². The summed E-state index contributed by atoms with van der Waals surface area (Å²) in [5.74, 6) is 0.182. The topological polar surface area (TPSA) is 37.3 Å². The fraction of sp³-hybridized carbons (Fsp3) is 0.917. The maximum Gasteiger partial charge on any atom is 0.141 e. The van der Waals surface area contributed by atoms with E-state index in [0.29, 0.717) is 6.42 Å². The van der Waals surface area contributed by atoms with Crippen molar-refractivity contribution < 1.29 is 9.90 Å². The largest absolute Gasteiger partial charge is 0.389 e. The van der Waals surface area contributed by atoms with Gasteiger partial charge in [-0.2, -0.15) is 0 Å². The third kappa shape index (κ3) is 3.09. The molecule has 0 aromatic rings. The van der Waals surface area contributed by atoms with Gasteiger partial charge in [0, 0.05) is 11.8 Å². The minimum atomic E-state index is -0.692. The van der Waals surface area contributed by atoms with E-state index in [1.54, 1.807) is 0 Å². The van der Waals surface area contributed by atoms with Crippen molar-refractivity contribution in [3.05, 3.63) is 0 Å². The molecule has 0 spiro atoms. The Bertz CT molecular complexity index is 207. The molecule has 0 unspecified atom stereocenters. The van der Waals surface area contributed by atoms with Crippen LogP contribution in [0, 0.1) is 5.41 Å². The van der Waals surface area contributed by atoms with Crippen LogP contribution < -0.4 is 0 Å². The Morgan fingerprint density at radius 3 is 2.14 bits per heavy atom. The fourth-order valence-electron chi connectivity index (χ4n) is 1.95. The lowest BCUT2D eigenvalue weighted by Crippen LogP contribution is -2.37. The van der Waals surface area contributed by atoms with Crippen LogP contribution in [0.4, 0.5) is 0 Å². The van der Waals surface area contributed by atoms with Gasteiger partial charge in [0.15, 0.2) is 0 Å². The Labute approximate surface area is 86.7 Å². The second-order valence-electron chi connectivity index (χ2n) is 5.63. The fourth-order valence-corrected chi connectivity index (χ4v) is 1.95. The quantitative estimate of drug-likeness (QED) is 0.740. The molecule has 0 aromatic carbocycles. The zero-order valence-electron chi connectivity index (χ0n) is 9.60. The molecule has 0 aliphatic heterocycles. The van der Waals surface area contributed by atoms with Crippen molar-refractivity contribution >= 4 is 5.78 Å². The van der Waals surface area contributed by atoms with Gasteiger partial charge in [0.1, 0.15) is 5.78 Å². The van der Waals surface area contributed by atoms with Crippen LogP contribution in [0.25, 0.3) is 0 Å². The number of aliphatic hydroxyl groups is 1. The van der Waals surface area contributed by atoms with Crippen molar-refractivity contribution in [3.8, 4) is 0 Å². The van der Waals surface area contributed by atoms with E-state index in [4.69, 9.17) is 0 Å². The molecule has 1 N–H and O–H groups in total. The minimum absolute atomic E-state index is 0.182. The summed E-state index contributed by atoms with van der Waals surface area (Å²) in [6.45, 7) is 5.75. The first kappa shape index (κ1) is 11.7. The van der Waals surface area contributed by atoms with E-state index in [-0.39, 0.29) is 11.2 Å². The predicted molar refractivity (Wildman–Crippen MR) is 57.1 cm³/mol. The van der Waals surface area contributed by atoms with Gasteiger partial charge in [0.05, 0.1) is 5.60 Å². The zero-order chi connectivity index (χ0) is 10.8. The van der Waals surface area contributed by atoms with Crippen LogP contribution in [0.3, 0.4) is 0 Å². The van der Waals surface area contributed by atoms with Crippen molar-refractivity contribution in [1.82, 2.24) is 0 Å². The number of carbonyl (C=O) groups is 1. The summed E-state index contributed by atoms with van der Waals surface area (Å²) in [5.41, 5.74) is -1.00. The normalized spacial score (nSPS) is 22.0. The van der Waals surface area contributed by atoms with Gasteiger partial charge in [-0.25, -0.2) is 0 Å². The number of hydrogen-bond donors (Lipinski definition) is 1. The first-order valence-electron chi connectivity index (χ1n) is 5.59. The number of carbonyl (C=O) groups excluding carboxylic acids is 1. The molecule has 2 nitrogen and oxygen atoms in total. The van der Waals surface area contributed by atoms with Crippen LogP contribution in [0.1, 0.15) is 59.3 Å². The van der Waals surface area contributed by atoms with Gasteiger partial charge in [-0.05, 0) is 12.8 Å². The van der Waals surface area contributed by atoms with Gasteiger partial charge >= 0.3 is 0 Å². The van der Waals surface area contributed by atoms with E-state index in [1.165, 1.54) is 6.42 Å². The Kier molecular flexibility index (Phi) is 3.36. The van der Waals surface area contributed by atoms with Crippen LogP contribution in [0.5, 0.6) is 0 Å². The first-order valence-corrected chi connectivity index (χ1v) is 5.59. The summed E-state index contributed by atoms with van der Waals surface area (Å²) in [5, 5.41) is 10.2. The minimum Gasteiger partial charge on any atom is -0.389 e.